The maximum absolute atomic E-state index is 14.8. The van der Waals surface area contributed by atoms with Crippen molar-refractivity contribution in [3.8, 4) is 0 Å². The van der Waals surface area contributed by atoms with E-state index in [1.807, 2.05) is 5.32 Å². The van der Waals surface area contributed by atoms with Crippen molar-refractivity contribution in [1.82, 2.24) is 5.32 Å². The van der Waals surface area contributed by atoms with E-state index >= 15 is 0 Å². The molecule has 34 heavy (non-hydrogen) atoms. The Bertz CT molecular complexity index is 1110. The fourth-order valence-corrected chi connectivity index (χ4v) is 3.33. The highest BCUT2D eigenvalue weighted by Gasteiger charge is 2.41. The normalized spacial score (nSPS) is 13.8. The molecule has 0 aliphatic rings. The van der Waals surface area contributed by atoms with Gasteiger partial charge in [0.15, 0.2) is 0 Å². The smallest absolute Gasteiger partial charge is 0.398 e. The fraction of sp³-hybridized carbons (Fsp3) is 0.200. The van der Waals surface area contributed by atoms with Crippen molar-refractivity contribution in [3.63, 3.8) is 0 Å². The molecule has 0 bridgehead atoms. The molecule has 2 rings (SSSR count). The summed E-state index contributed by atoms with van der Waals surface area (Å²) in [6.45, 7) is 0. The lowest BCUT2D eigenvalue weighted by molar-refractivity contribution is -0.140. The molecule has 0 fully saturated rings. The molecule has 14 heteroatoms. The quantitative estimate of drug-likeness (QED) is 0.132. The molecule has 0 spiro atoms. The number of hydrogen-bond acceptors (Lipinski definition) is 3. The lowest BCUT2D eigenvalue weighted by Crippen LogP contribution is -2.25. The highest BCUT2D eigenvalue weighted by atomic mass is 35.5. The second kappa shape index (κ2) is 10.8. The van der Waals surface area contributed by atoms with Crippen LogP contribution >= 0.6 is 34.8 Å². The summed E-state index contributed by atoms with van der Waals surface area (Å²) in [6.07, 6.45) is -9.46. The van der Waals surface area contributed by atoms with Gasteiger partial charge in [-0.2, -0.15) is 26.3 Å². The molecule has 4 nitrogen and oxygen atoms in total. The number of halogens is 10. The van der Waals surface area contributed by atoms with Gasteiger partial charge < -0.3 is 10.2 Å². The van der Waals surface area contributed by atoms with Crippen molar-refractivity contribution in [2.24, 2.45) is 5.16 Å². The predicted octanol–water partition coefficient (Wildman–Crippen LogP) is 7.64. The molecule has 0 radical (unpaired) electrons. The summed E-state index contributed by atoms with van der Waals surface area (Å²) in [5, 5.41) is 4.14. The highest BCUT2D eigenvalue weighted by molar-refractivity contribution is 6.48. The van der Waals surface area contributed by atoms with Crippen LogP contribution in [0.15, 0.2) is 41.6 Å². The minimum absolute atomic E-state index is 0.0658. The highest BCUT2D eigenvalue weighted by Crippen LogP contribution is 2.42. The van der Waals surface area contributed by atoms with Gasteiger partial charge in [-0.3, -0.25) is 4.79 Å². The number of benzene rings is 2. The van der Waals surface area contributed by atoms with Gasteiger partial charge in [-0.05, 0) is 35.9 Å². The largest absolute Gasteiger partial charge is 0.417 e. The van der Waals surface area contributed by atoms with Crippen LogP contribution < -0.4 is 5.32 Å². The van der Waals surface area contributed by atoms with E-state index < -0.39 is 52.3 Å². The average molecular weight is 552 g/mol. The zero-order valence-corrected chi connectivity index (χ0v) is 18.9. The fourth-order valence-electron chi connectivity index (χ4n) is 2.72. The van der Waals surface area contributed by atoms with Crippen LogP contribution in [0.2, 0.25) is 15.1 Å². The third-order valence-electron chi connectivity index (χ3n) is 4.23. The molecular weight excluding hydrogens is 540 g/mol. The Morgan fingerprint density at radius 1 is 1.06 bits per heavy atom. The van der Waals surface area contributed by atoms with Crippen LogP contribution in [0.5, 0.6) is 0 Å². The predicted molar refractivity (Wildman–Crippen MR) is 114 cm³/mol. The second-order valence-corrected chi connectivity index (χ2v) is 7.67. The van der Waals surface area contributed by atoms with E-state index in [4.69, 9.17) is 34.8 Å². The number of nitrogens with one attached hydrogen (secondary N) is 1. The molecule has 0 heterocycles. The van der Waals surface area contributed by atoms with Gasteiger partial charge in [0, 0.05) is 5.56 Å². The Morgan fingerprint density at radius 2 is 1.65 bits per heavy atom. The van der Waals surface area contributed by atoms with Crippen LogP contribution in [0.1, 0.15) is 33.0 Å². The summed E-state index contributed by atoms with van der Waals surface area (Å²) in [4.78, 5) is 16.3. The molecule has 0 aliphatic carbocycles. The molecule has 1 atom stereocenters. The van der Waals surface area contributed by atoms with Crippen LogP contribution in [0, 0.1) is 0 Å². The third-order valence-corrected chi connectivity index (χ3v) is 5.43. The maximum atomic E-state index is 14.8. The second-order valence-electron chi connectivity index (χ2n) is 6.48. The number of nitrogens with zero attached hydrogens (tertiary/aromatic N) is 1. The molecule has 0 aromatic heterocycles. The van der Waals surface area contributed by atoms with Crippen molar-refractivity contribution in [3.05, 3.63) is 73.7 Å². The maximum Gasteiger partial charge on any atom is 0.417 e. The van der Waals surface area contributed by atoms with Gasteiger partial charge in [-0.1, -0.05) is 46.0 Å². The number of oxime groups is 1. The van der Waals surface area contributed by atoms with E-state index in [0.717, 1.165) is 25.3 Å². The average Bonchev–Trinajstić information content (AvgIpc) is 2.73. The van der Waals surface area contributed by atoms with Crippen molar-refractivity contribution in [2.45, 2.75) is 18.3 Å². The van der Waals surface area contributed by atoms with Crippen molar-refractivity contribution in [1.29, 1.82) is 0 Å². The van der Waals surface area contributed by atoms with Gasteiger partial charge in [-0.25, -0.2) is 4.39 Å². The molecule has 0 saturated heterocycles. The number of carbonyl (C=O) groups is 1. The summed E-state index contributed by atoms with van der Waals surface area (Å²) in [6, 6.07) is 3.17. The van der Waals surface area contributed by atoms with E-state index in [-0.39, 0.29) is 27.2 Å². The lowest BCUT2D eigenvalue weighted by atomic mass is 9.95. The van der Waals surface area contributed by atoms with Gasteiger partial charge in [-0.15, -0.1) is 0 Å². The van der Waals surface area contributed by atoms with Crippen LogP contribution in [0.3, 0.4) is 0 Å². The molecular formula is C20H12Cl3F7N2O2. The summed E-state index contributed by atoms with van der Waals surface area (Å²) in [5.41, 5.74) is -3.95. The van der Waals surface area contributed by atoms with E-state index in [0.29, 0.717) is 12.4 Å². The van der Waals surface area contributed by atoms with Crippen molar-refractivity contribution >= 4 is 52.9 Å². The van der Waals surface area contributed by atoms with Gasteiger partial charge in [0.25, 0.3) is 5.91 Å². The monoisotopic (exact) mass is 550 g/mol. The number of alkyl halides is 6. The summed E-state index contributed by atoms with van der Waals surface area (Å²) in [5.74, 6) is -5.52. The van der Waals surface area contributed by atoms with Crippen LogP contribution in [-0.4, -0.2) is 25.5 Å². The Balaban J connectivity index is 2.57. The van der Waals surface area contributed by atoms with Gasteiger partial charge in [0.05, 0.1) is 26.2 Å². The third kappa shape index (κ3) is 6.77. The Kier molecular flexibility index (Phi) is 8.84. The molecule has 0 saturated carbocycles. The number of allylic oxidation sites excluding steroid dienone is 1. The first-order valence-electron chi connectivity index (χ1n) is 8.82. The minimum Gasteiger partial charge on any atom is -0.398 e. The van der Waals surface area contributed by atoms with Gasteiger partial charge in [0.2, 0.25) is 0 Å². The first-order chi connectivity index (χ1) is 15.7. The summed E-state index contributed by atoms with van der Waals surface area (Å²) < 4.78 is 96.2. The molecule has 2 aromatic carbocycles. The van der Waals surface area contributed by atoms with Crippen LogP contribution in [0.4, 0.5) is 30.7 Å². The van der Waals surface area contributed by atoms with Crippen LogP contribution in [0.25, 0.3) is 5.83 Å². The Labute approximate surface area is 202 Å². The van der Waals surface area contributed by atoms with E-state index in [1.54, 1.807) is 0 Å². The Hall–Kier alpha value is -2.50. The van der Waals surface area contributed by atoms with Gasteiger partial charge >= 0.3 is 12.4 Å². The molecule has 2 aromatic rings. The topological polar surface area (TPSA) is 50.7 Å². The molecule has 1 unspecified atom stereocenters. The zero-order chi connectivity index (χ0) is 25.8. The van der Waals surface area contributed by atoms with Gasteiger partial charge in [0.1, 0.15) is 25.2 Å². The number of carbonyl (C=O) groups excluding carboxylic acids is 1. The molecule has 1 N–H and O–H groups in total. The minimum atomic E-state index is -5.14. The first-order valence-corrected chi connectivity index (χ1v) is 9.96. The number of hydrogen-bond donors (Lipinski definition) is 1. The molecule has 1 amide bonds. The van der Waals surface area contributed by atoms with Crippen molar-refractivity contribution < 1.29 is 40.4 Å². The Morgan fingerprint density at radius 3 is 2.15 bits per heavy atom. The van der Waals surface area contributed by atoms with E-state index in [9.17, 15) is 35.5 Å². The van der Waals surface area contributed by atoms with E-state index in [1.165, 1.54) is 0 Å². The van der Waals surface area contributed by atoms with Crippen LogP contribution in [-0.2, 0) is 11.0 Å². The first kappa shape index (κ1) is 27.7. The van der Waals surface area contributed by atoms with Crippen molar-refractivity contribution in [2.75, 3.05) is 7.11 Å². The lowest BCUT2D eigenvalue weighted by Gasteiger charge is -2.19. The molecule has 0 aliphatic heterocycles. The van der Waals surface area contributed by atoms with E-state index in [2.05, 4.69) is 9.99 Å². The number of rotatable bonds is 6. The molecule has 184 valence electrons. The summed E-state index contributed by atoms with van der Waals surface area (Å²) in [7, 11) is 1.12. The zero-order valence-electron chi connectivity index (χ0n) is 16.7. The standard InChI is InChI=1S/C20H12Cl3F7N2O2/c1-34-32-8-31-18(33)11-3-2-9(4-13(11)20(28,29)30)16(24)7-12(19(25,26)27)10-5-14(21)17(23)15(22)6-10/h2-8,12H,1H3,(H,31,32,33)/b16-7-. The SMILES string of the molecule is CON=CNC(=O)c1ccc(/C(F)=C/C(c2cc(Cl)c(Cl)c(Cl)c2)C(F)(F)F)cc1C(F)(F)F. The summed E-state index contributed by atoms with van der Waals surface area (Å²) >= 11 is 17.2. The number of amides is 1.